The quantitative estimate of drug-likeness (QED) is 0.791. The Labute approximate surface area is 89.8 Å². The van der Waals surface area contributed by atoms with Gasteiger partial charge in [-0.05, 0) is 25.8 Å². The van der Waals surface area contributed by atoms with E-state index >= 15 is 0 Å². The van der Waals surface area contributed by atoms with Crippen molar-refractivity contribution in [2.45, 2.75) is 25.4 Å². The van der Waals surface area contributed by atoms with Crippen molar-refractivity contribution in [3.63, 3.8) is 0 Å². The number of rotatable bonds is 3. The molecule has 1 aliphatic heterocycles. The van der Waals surface area contributed by atoms with E-state index in [-0.39, 0.29) is 5.60 Å². The molecule has 1 aromatic rings. The first-order valence-corrected chi connectivity index (χ1v) is 5.27. The van der Waals surface area contributed by atoms with Crippen LogP contribution in [-0.4, -0.2) is 23.7 Å². The molecule has 4 nitrogen and oxygen atoms in total. The van der Waals surface area contributed by atoms with Crippen LogP contribution in [0, 0.1) is 0 Å². The Morgan fingerprint density at radius 2 is 2.53 bits per heavy atom. The number of pyridine rings is 1. The lowest BCUT2D eigenvalue weighted by atomic mass is 10.0. The molecule has 0 saturated carbocycles. The number of ether oxygens (including phenoxy) is 1. The highest BCUT2D eigenvalue weighted by Gasteiger charge is 2.29. The monoisotopic (exact) mass is 207 g/mol. The van der Waals surface area contributed by atoms with Gasteiger partial charge in [-0.1, -0.05) is 0 Å². The van der Waals surface area contributed by atoms with Crippen LogP contribution in [0.2, 0.25) is 0 Å². The molecular weight excluding hydrogens is 190 g/mol. The molecule has 1 aromatic heterocycles. The number of nitrogens with two attached hydrogens (primary N) is 1. The van der Waals surface area contributed by atoms with E-state index in [1.807, 2.05) is 6.07 Å². The third-order valence-corrected chi connectivity index (χ3v) is 2.81. The SMILES string of the molecule is CC1(CNc2ccncc2N)CCCO1. The molecule has 0 radical (unpaired) electrons. The lowest BCUT2D eigenvalue weighted by molar-refractivity contribution is 0.0315. The number of aromatic nitrogens is 1. The van der Waals surface area contributed by atoms with Crippen LogP contribution in [0.1, 0.15) is 19.8 Å². The van der Waals surface area contributed by atoms with Gasteiger partial charge in [-0.15, -0.1) is 0 Å². The van der Waals surface area contributed by atoms with Gasteiger partial charge in [0.1, 0.15) is 0 Å². The van der Waals surface area contributed by atoms with Gasteiger partial charge in [0.25, 0.3) is 0 Å². The molecule has 15 heavy (non-hydrogen) atoms. The van der Waals surface area contributed by atoms with E-state index < -0.39 is 0 Å². The summed E-state index contributed by atoms with van der Waals surface area (Å²) in [6.45, 7) is 3.79. The molecular formula is C11H17N3O. The van der Waals surface area contributed by atoms with E-state index in [1.165, 1.54) is 0 Å². The molecule has 1 unspecified atom stereocenters. The van der Waals surface area contributed by atoms with Gasteiger partial charge < -0.3 is 15.8 Å². The Hall–Kier alpha value is -1.29. The van der Waals surface area contributed by atoms with Gasteiger partial charge in [0.2, 0.25) is 0 Å². The molecule has 82 valence electrons. The maximum absolute atomic E-state index is 5.78. The number of nitrogens with zero attached hydrogens (tertiary/aromatic N) is 1. The van der Waals surface area contributed by atoms with Crippen LogP contribution < -0.4 is 11.1 Å². The van der Waals surface area contributed by atoms with Crippen LogP contribution in [0.15, 0.2) is 18.5 Å². The summed E-state index contributed by atoms with van der Waals surface area (Å²) < 4.78 is 5.68. The highest BCUT2D eigenvalue weighted by atomic mass is 16.5. The molecule has 3 N–H and O–H groups in total. The summed E-state index contributed by atoms with van der Waals surface area (Å²) in [7, 11) is 0. The first-order chi connectivity index (χ1) is 7.20. The van der Waals surface area contributed by atoms with Gasteiger partial charge in [-0.2, -0.15) is 0 Å². The highest BCUT2D eigenvalue weighted by Crippen LogP contribution is 2.26. The molecule has 0 bridgehead atoms. The molecule has 1 atom stereocenters. The van der Waals surface area contributed by atoms with Gasteiger partial charge in [-0.3, -0.25) is 4.98 Å². The molecule has 2 heterocycles. The number of nitrogens with one attached hydrogen (secondary N) is 1. The fourth-order valence-electron chi connectivity index (χ4n) is 1.83. The van der Waals surface area contributed by atoms with Gasteiger partial charge in [-0.25, -0.2) is 0 Å². The molecule has 0 aliphatic carbocycles. The summed E-state index contributed by atoms with van der Waals surface area (Å²) >= 11 is 0. The molecule has 1 fully saturated rings. The van der Waals surface area contributed by atoms with E-state index in [4.69, 9.17) is 10.5 Å². The second-order valence-electron chi connectivity index (χ2n) is 4.22. The lowest BCUT2D eigenvalue weighted by Crippen LogP contribution is -2.32. The topological polar surface area (TPSA) is 60.2 Å². The minimum Gasteiger partial charge on any atom is -0.396 e. The van der Waals surface area contributed by atoms with Crippen molar-refractivity contribution < 1.29 is 4.74 Å². The van der Waals surface area contributed by atoms with Gasteiger partial charge in [0.15, 0.2) is 0 Å². The predicted molar refractivity (Wildman–Crippen MR) is 60.7 cm³/mol. The Balaban J connectivity index is 1.95. The summed E-state index contributed by atoms with van der Waals surface area (Å²) in [5, 5.41) is 3.31. The minimum atomic E-state index is -0.0459. The predicted octanol–water partition coefficient (Wildman–Crippen LogP) is 1.64. The van der Waals surface area contributed by atoms with E-state index in [1.54, 1.807) is 12.4 Å². The van der Waals surface area contributed by atoms with E-state index in [0.717, 1.165) is 31.7 Å². The van der Waals surface area contributed by atoms with Crippen molar-refractivity contribution in [2.75, 3.05) is 24.2 Å². The minimum absolute atomic E-state index is 0.0459. The third kappa shape index (κ3) is 2.39. The smallest absolute Gasteiger partial charge is 0.0826 e. The first kappa shape index (κ1) is 10.2. The summed E-state index contributed by atoms with van der Waals surface area (Å²) in [5.41, 5.74) is 7.35. The third-order valence-electron chi connectivity index (χ3n) is 2.81. The largest absolute Gasteiger partial charge is 0.396 e. The van der Waals surface area contributed by atoms with Crippen molar-refractivity contribution in [1.29, 1.82) is 0 Å². The maximum atomic E-state index is 5.78. The lowest BCUT2D eigenvalue weighted by Gasteiger charge is -2.24. The van der Waals surface area contributed by atoms with E-state index in [9.17, 15) is 0 Å². The number of anilines is 2. The standard InChI is InChI=1S/C11H17N3O/c1-11(4-2-6-15-11)8-14-10-3-5-13-7-9(10)12/h3,5,7H,2,4,6,8,12H2,1H3,(H,13,14). The van der Waals surface area contributed by atoms with Crippen LogP contribution in [-0.2, 0) is 4.74 Å². The summed E-state index contributed by atoms with van der Waals surface area (Å²) in [4.78, 5) is 3.95. The van der Waals surface area contributed by atoms with Crippen LogP contribution in [0.25, 0.3) is 0 Å². The summed E-state index contributed by atoms with van der Waals surface area (Å²) in [5.74, 6) is 0. The van der Waals surface area contributed by atoms with Crippen LogP contribution in [0.4, 0.5) is 11.4 Å². The van der Waals surface area contributed by atoms with Gasteiger partial charge >= 0.3 is 0 Å². The average molecular weight is 207 g/mol. The molecule has 0 aromatic carbocycles. The summed E-state index contributed by atoms with van der Waals surface area (Å²) in [6, 6.07) is 1.88. The maximum Gasteiger partial charge on any atom is 0.0826 e. The second-order valence-corrected chi connectivity index (χ2v) is 4.22. The summed E-state index contributed by atoms with van der Waals surface area (Å²) in [6.07, 6.45) is 5.63. The van der Waals surface area contributed by atoms with E-state index in [2.05, 4.69) is 17.2 Å². The fourth-order valence-corrected chi connectivity index (χ4v) is 1.83. The molecule has 0 spiro atoms. The van der Waals surface area contributed by atoms with Crippen molar-refractivity contribution in [2.24, 2.45) is 0 Å². The molecule has 4 heteroatoms. The Morgan fingerprint density at radius 1 is 1.67 bits per heavy atom. The van der Waals surface area contributed by atoms with Crippen LogP contribution in [0.3, 0.4) is 0 Å². The van der Waals surface area contributed by atoms with Crippen molar-refractivity contribution in [3.05, 3.63) is 18.5 Å². The normalized spacial score (nSPS) is 25.4. The fraction of sp³-hybridized carbons (Fsp3) is 0.545. The van der Waals surface area contributed by atoms with E-state index in [0.29, 0.717) is 5.69 Å². The first-order valence-electron chi connectivity index (χ1n) is 5.27. The Morgan fingerprint density at radius 3 is 3.20 bits per heavy atom. The van der Waals surface area contributed by atoms with Crippen molar-refractivity contribution in [3.8, 4) is 0 Å². The van der Waals surface area contributed by atoms with Crippen LogP contribution >= 0.6 is 0 Å². The molecule has 0 amide bonds. The zero-order valence-electron chi connectivity index (χ0n) is 8.99. The number of hydrogen-bond acceptors (Lipinski definition) is 4. The van der Waals surface area contributed by atoms with Crippen LogP contribution in [0.5, 0.6) is 0 Å². The zero-order chi connectivity index (χ0) is 10.7. The number of hydrogen-bond donors (Lipinski definition) is 2. The Bertz CT molecular complexity index is 334. The molecule has 1 aliphatic rings. The van der Waals surface area contributed by atoms with Gasteiger partial charge in [0, 0.05) is 19.3 Å². The van der Waals surface area contributed by atoms with Gasteiger partial charge in [0.05, 0.1) is 23.2 Å². The Kier molecular flexibility index (Phi) is 2.77. The highest BCUT2D eigenvalue weighted by molar-refractivity contribution is 5.64. The average Bonchev–Trinajstić information content (AvgIpc) is 2.65. The second kappa shape index (κ2) is 4.06. The molecule has 1 saturated heterocycles. The molecule has 2 rings (SSSR count). The number of nitrogen functional groups attached to an aromatic ring is 1. The zero-order valence-corrected chi connectivity index (χ0v) is 8.99. The van der Waals surface area contributed by atoms with Crippen molar-refractivity contribution >= 4 is 11.4 Å². The van der Waals surface area contributed by atoms with Crippen molar-refractivity contribution in [1.82, 2.24) is 4.98 Å².